The predicted octanol–water partition coefficient (Wildman–Crippen LogP) is 1.62. The van der Waals surface area contributed by atoms with E-state index >= 15 is 0 Å². The molecule has 4 nitrogen and oxygen atoms in total. The van der Waals surface area contributed by atoms with Crippen LogP contribution in [0, 0.1) is 0 Å². The lowest BCUT2D eigenvalue weighted by atomic mass is 10.1. The first-order valence-corrected chi connectivity index (χ1v) is 5.17. The molecule has 0 saturated carbocycles. The van der Waals surface area contributed by atoms with Crippen molar-refractivity contribution < 1.29 is 14.3 Å². The molecule has 0 heterocycles. The smallest absolute Gasteiger partial charge is 0.180 e. The second-order valence-corrected chi connectivity index (χ2v) is 3.63. The van der Waals surface area contributed by atoms with Gasteiger partial charge in [0.1, 0.15) is 0 Å². The topological polar surface area (TPSA) is 61.5 Å². The zero-order chi connectivity index (χ0) is 12.1. The van der Waals surface area contributed by atoms with Gasteiger partial charge in [-0.3, -0.25) is 4.79 Å². The summed E-state index contributed by atoms with van der Waals surface area (Å²) in [6.07, 6.45) is -0.0272. The Morgan fingerprint density at radius 2 is 2.12 bits per heavy atom. The van der Waals surface area contributed by atoms with Crippen molar-refractivity contribution in [1.82, 2.24) is 0 Å². The molecule has 0 aliphatic rings. The van der Waals surface area contributed by atoms with E-state index in [1.807, 2.05) is 13.8 Å². The van der Waals surface area contributed by atoms with E-state index < -0.39 is 0 Å². The molecule has 1 aromatic carbocycles. The Balaban J connectivity index is 3.20. The lowest BCUT2D eigenvalue weighted by Gasteiger charge is -2.16. The molecule has 0 aromatic heterocycles. The number of ketones is 1. The van der Waals surface area contributed by atoms with Crippen molar-refractivity contribution >= 4 is 5.78 Å². The van der Waals surface area contributed by atoms with E-state index in [-0.39, 0.29) is 18.4 Å². The van der Waals surface area contributed by atoms with Gasteiger partial charge in [0.2, 0.25) is 0 Å². The standard InChI is InChI=1S/C12H17NO3/c1-8(2)16-12-9(10(14)7-13)5-4-6-11(12)15-3/h4-6,8H,7,13H2,1-3H3. The quantitative estimate of drug-likeness (QED) is 0.770. The van der Waals surface area contributed by atoms with Crippen molar-refractivity contribution in [1.29, 1.82) is 0 Å². The fourth-order valence-corrected chi connectivity index (χ4v) is 1.36. The van der Waals surface area contributed by atoms with E-state index in [2.05, 4.69) is 0 Å². The summed E-state index contributed by atoms with van der Waals surface area (Å²) in [6.45, 7) is 3.74. The number of Topliss-reactive ketones (excluding diaryl/α,β-unsaturated/α-hetero) is 1. The van der Waals surface area contributed by atoms with Crippen LogP contribution >= 0.6 is 0 Å². The molecule has 4 heteroatoms. The number of methoxy groups -OCH3 is 1. The molecule has 0 aliphatic carbocycles. The van der Waals surface area contributed by atoms with Crippen LogP contribution in [0.3, 0.4) is 0 Å². The van der Waals surface area contributed by atoms with Gasteiger partial charge >= 0.3 is 0 Å². The van der Waals surface area contributed by atoms with Gasteiger partial charge in [0.15, 0.2) is 17.3 Å². The van der Waals surface area contributed by atoms with Gasteiger partial charge in [0, 0.05) is 0 Å². The summed E-state index contributed by atoms with van der Waals surface area (Å²) in [4.78, 5) is 11.6. The minimum atomic E-state index is -0.158. The fraction of sp³-hybridized carbons (Fsp3) is 0.417. The SMILES string of the molecule is COc1cccc(C(=O)CN)c1OC(C)C. The number of para-hydroxylation sites is 1. The molecule has 0 spiro atoms. The highest BCUT2D eigenvalue weighted by atomic mass is 16.5. The maximum Gasteiger partial charge on any atom is 0.180 e. The number of benzene rings is 1. The minimum Gasteiger partial charge on any atom is -0.493 e. The zero-order valence-electron chi connectivity index (χ0n) is 9.82. The molecule has 0 saturated heterocycles. The Hall–Kier alpha value is -1.55. The maximum atomic E-state index is 11.6. The molecule has 0 aliphatic heterocycles. The Kier molecular flexibility index (Phi) is 4.31. The molecule has 1 rings (SSSR count). The Bertz CT molecular complexity index is 375. The molecule has 2 N–H and O–H groups in total. The number of hydrogen-bond acceptors (Lipinski definition) is 4. The fourth-order valence-electron chi connectivity index (χ4n) is 1.36. The zero-order valence-corrected chi connectivity index (χ0v) is 9.82. The van der Waals surface area contributed by atoms with Crippen LogP contribution in [-0.4, -0.2) is 25.5 Å². The Labute approximate surface area is 95.3 Å². The number of nitrogens with two attached hydrogens (primary N) is 1. The summed E-state index contributed by atoms with van der Waals surface area (Å²) in [7, 11) is 1.54. The van der Waals surface area contributed by atoms with E-state index in [0.29, 0.717) is 17.1 Å². The first-order valence-electron chi connectivity index (χ1n) is 5.17. The monoisotopic (exact) mass is 223 g/mol. The summed E-state index contributed by atoms with van der Waals surface area (Å²) >= 11 is 0. The number of ether oxygens (including phenoxy) is 2. The molecule has 0 amide bonds. The van der Waals surface area contributed by atoms with Gasteiger partial charge in [-0.1, -0.05) is 6.07 Å². The molecule has 0 bridgehead atoms. The van der Waals surface area contributed by atoms with E-state index in [1.165, 1.54) is 0 Å². The van der Waals surface area contributed by atoms with Crippen molar-refractivity contribution in [3.63, 3.8) is 0 Å². The second-order valence-electron chi connectivity index (χ2n) is 3.63. The largest absolute Gasteiger partial charge is 0.493 e. The highest BCUT2D eigenvalue weighted by molar-refractivity contribution is 6.00. The minimum absolute atomic E-state index is 0.0272. The summed E-state index contributed by atoms with van der Waals surface area (Å²) in [5.74, 6) is 0.859. The van der Waals surface area contributed by atoms with Crippen LogP contribution in [0.2, 0.25) is 0 Å². The number of carbonyl (C=O) groups is 1. The molecular weight excluding hydrogens is 206 g/mol. The molecule has 0 atom stereocenters. The molecule has 0 radical (unpaired) electrons. The summed E-state index contributed by atoms with van der Waals surface area (Å²) < 4.78 is 10.8. The normalized spacial score (nSPS) is 10.3. The lowest BCUT2D eigenvalue weighted by Crippen LogP contribution is -2.17. The van der Waals surface area contributed by atoms with Crippen molar-refractivity contribution in [2.75, 3.05) is 13.7 Å². The van der Waals surface area contributed by atoms with Crippen LogP contribution in [0.25, 0.3) is 0 Å². The third-order valence-electron chi connectivity index (χ3n) is 2.04. The van der Waals surface area contributed by atoms with Crippen LogP contribution in [0.5, 0.6) is 11.5 Å². The number of hydrogen-bond donors (Lipinski definition) is 1. The summed E-state index contributed by atoms with van der Waals surface area (Å²) in [6, 6.07) is 5.19. The molecule has 16 heavy (non-hydrogen) atoms. The molecule has 1 aromatic rings. The van der Waals surface area contributed by atoms with Gasteiger partial charge < -0.3 is 15.2 Å². The van der Waals surface area contributed by atoms with Crippen molar-refractivity contribution in [2.24, 2.45) is 5.73 Å². The van der Waals surface area contributed by atoms with Crippen LogP contribution in [0.1, 0.15) is 24.2 Å². The van der Waals surface area contributed by atoms with Gasteiger partial charge in [-0.2, -0.15) is 0 Å². The number of rotatable bonds is 5. The summed E-state index contributed by atoms with van der Waals surface area (Å²) in [5, 5.41) is 0. The molecule has 0 unspecified atom stereocenters. The van der Waals surface area contributed by atoms with Crippen LogP contribution in [0.4, 0.5) is 0 Å². The highest BCUT2D eigenvalue weighted by Gasteiger charge is 2.16. The molecular formula is C12H17NO3. The van der Waals surface area contributed by atoms with Crippen LogP contribution in [0.15, 0.2) is 18.2 Å². The second kappa shape index (κ2) is 5.51. The summed E-state index contributed by atoms with van der Waals surface area (Å²) in [5.41, 5.74) is 5.82. The average molecular weight is 223 g/mol. The van der Waals surface area contributed by atoms with Crippen molar-refractivity contribution in [3.05, 3.63) is 23.8 Å². The third kappa shape index (κ3) is 2.73. The number of carbonyl (C=O) groups excluding carboxylic acids is 1. The van der Waals surface area contributed by atoms with Gasteiger partial charge in [0.05, 0.1) is 25.3 Å². The van der Waals surface area contributed by atoms with Crippen LogP contribution in [-0.2, 0) is 0 Å². The Morgan fingerprint density at radius 1 is 1.44 bits per heavy atom. The lowest BCUT2D eigenvalue weighted by molar-refractivity contribution is 0.0994. The van der Waals surface area contributed by atoms with Crippen molar-refractivity contribution in [2.45, 2.75) is 20.0 Å². The van der Waals surface area contributed by atoms with Gasteiger partial charge in [-0.15, -0.1) is 0 Å². The first kappa shape index (κ1) is 12.5. The highest BCUT2D eigenvalue weighted by Crippen LogP contribution is 2.32. The third-order valence-corrected chi connectivity index (χ3v) is 2.04. The van der Waals surface area contributed by atoms with Gasteiger partial charge in [-0.05, 0) is 26.0 Å². The van der Waals surface area contributed by atoms with Gasteiger partial charge in [0.25, 0.3) is 0 Å². The predicted molar refractivity (Wildman–Crippen MR) is 62.1 cm³/mol. The average Bonchev–Trinajstić information content (AvgIpc) is 2.27. The van der Waals surface area contributed by atoms with Crippen molar-refractivity contribution in [3.8, 4) is 11.5 Å². The van der Waals surface area contributed by atoms with E-state index in [1.54, 1.807) is 25.3 Å². The maximum absolute atomic E-state index is 11.6. The van der Waals surface area contributed by atoms with E-state index in [4.69, 9.17) is 15.2 Å². The Morgan fingerprint density at radius 3 is 2.62 bits per heavy atom. The molecule has 0 fully saturated rings. The molecule has 88 valence electrons. The van der Waals surface area contributed by atoms with E-state index in [9.17, 15) is 4.79 Å². The van der Waals surface area contributed by atoms with Gasteiger partial charge in [-0.25, -0.2) is 0 Å². The van der Waals surface area contributed by atoms with E-state index in [0.717, 1.165) is 0 Å². The van der Waals surface area contributed by atoms with Crippen LogP contribution < -0.4 is 15.2 Å². The first-order chi connectivity index (χ1) is 7.60.